The zero-order valence-electron chi connectivity index (χ0n) is 14.2. The molecule has 25 heavy (non-hydrogen) atoms. The predicted molar refractivity (Wildman–Crippen MR) is 99.8 cm³/mol. The van der Waals surface area contributed by atoms with Crippen LogP contribution in [0.15, 0.2) is 48.7 Å². The summed E-state index contributed by atoms with van der Waals surface area (Å²) in [4.78, 5) is 18.3. The zero-order chi connectivity index (χ0) is 17.8. The van der Waals surface area contributed by atoms with Crippen LogP contribution in [-0.4, -0.2) is 39.1 Å². The molecule has 1 aromatic carbocycles. The fraction of sp³-hybridized carbons (Fsp3) is 0.278. The topological polar surface area (TPSA) is 59.4 Å². The molecule has 3 rings (SSSR count). The number of ether oxygens (including phenoxy) is 1. The molecule has 0 saturated carbocycles. The number of carbonyl (C=O) groups is 1. The molecule has 7 heteroatoms. The second-order valence-electron chi connectivity index (χ2n) is 6.04. The minimum atomic E-state index is -0.0988. The highest BCUT2D eigenvalue weighted by Gasteiger charge is 2.31. The quantitative estimate of drug-likeness (QED) is 0.636. The Morgan fingerprint density at radius 3 is 2.72 bits per heavy atom. The van der Waals surface area contributed by atoms with E-state index in [1.165, 1.54) is 0 Å². The third-order valence-corrected chi connectivity index (χ3v) is 4.29. The largest absolute Gasteiger partial charge is 0.497 e. The SMILES string of the molecule is COc1ccc(/C=C2/NC(=S)N(C[C@@H](C)Cn3ccnc3)C2=O)cc1. The fourth-order valence-electron chi connectivity index (χ4n) is 2.73. The van der Waals surface area contributed by atoms with Gasteiger partial charge in [-0.1, -0.05) is 19.1 Å². The summed E-state index contributed by atoms with van der Waals surface area (Å²) in [6.45, 7) is 3.42. The number of methoxy groups -OCH3 is 1. The molecule has 1 aliphatic rings. The molecule has 130 valence electrons. The average Bonchev–Trinajstić information content (AvgIpc) is 3.20. The van der Waals surface area contributed by atoms with E-state index >= 15 is 0 Å². The molecule has 1 fully saturated rings. The molecule has 1 aromatic heterocycles. The van der Waals surface area contributed by atoms with Crippen LogP contribution in [0.1, 0.15) is 12.5 Å². The number of hydrogen-bond donors (Lipinski definition) is 1. The van der Waals surface area contributed by atoms with Crippen molar-refractivity contribution in [2.24, 2.45) is 5.92 Å². The number of carbonyl (C=O) groups excluding carboxylic acids is 1. The van der Waals surface area contributed by atoms with Gasteiger partial charge in [-0.05, 0) is 41.9 Å². The van der Waals surface area contributed by atoms with Crippen LogP contribution in [0.25, 0.3) is 6.08 Å². The van der Waals surface area contributed by atoms with Crippen molar-refractivity contribution in [2.75, 3.05) is 13.7 Å². The maximum Gasteiger partial charge on any atom is 0.276 e. The second-order valence-corrected chi connectivity index (χ2v) is 6.43. The van der Waals surface area contributed by atoms with Gasteiger partial charge >= 0.3 is 0 Å². The monoisotopic (exact) mass is 356 g/mol. The van der Waals surface area contributed by atoms with Crippen molar-refractivity contribution in [3.63, 3.8) is 0 Å². The van der Waals surface area contributed by atoms with Crippen molar-refractivity contribution in [1.82, 2.24) is 19.8 Å². The number of thiocarbonyl (C=S) groups is 1. The van der Waals surface area contributed by atoms with Gasteiger partial charge in [0.2, 0.25) is 0 Å². The Bertz CT molecular complexity index is 784. The first kappa shape index (κ1) is 17.2. The van der Waals surface area contributed by atoms with Gasteiger partial charge in [0, 0.05) is 25.5 Å². The molecule has 0 bridgehead atoms. The Hall–Kier alpha value is -2.67. The zero-order valence-corrected chi connectivity index (χ0v) is 15.0. The first-order valence-electron chi connectivity index (χ1n) is 8.01. The Kier molecular flexibility index (Phi) is 5.14. The van der Waals surface area contributed by atoms with Crippen LogP contribution in [0.5, 0.6) is 5.75 Å². The molecule has 1 amide bonds. The molecule has 2 aromatic rings. The van der Waals surface area contributed by atoms with Crippen LogP contribution in [-0.2, 0) is 11.3 Å². The van der Waals surface area contributed by atoms with Crippen LogP contribution < -0.4 is 10.1 Å². The Morgan fingerprint density at radius 1 is 1.32 bits per heavy atom. The average molecular weight is 356 g/mol. The minimum Gasteiger partial charge on any atom is -0.497 e. The molecule has 1 atom stereocenters. The summed E-state index contributed by atoms with van der Waals surface area (Å²) in [6.07, 6.45) is 7.23. The van der Waals surface area contributed by atoms with Gasteiger partial charge in [-0.15, -0.1) is 0 Å². The summed E-state index contributed by atoms with van der Waals surface area (Å²) in [7, 11) is 1.62. The van der Waals surface area contributed by atoms with Gasteiger partial charge in [0.15, 0.2) is 5.11 Å². The first-order chi connectivity index (χ1) is 12.1. The molecular weight excluding hydrogens is 336 g/mol. The summed E-state index contributed by atoms with van der Waals surface area (Å²) in [5.74, 6) is 0.926. The number of benzene rings is 1. The first-order valence-corrected chi connectivity index (χ1v) is 8.42. The van der Waals surface area contributed by atoms with Crippen molar-refractivity contribution < 1.29 is 9.53 Å². The molecule has 6 nitrogen and oxygen atoms in total. The highest BCUT2D eigenvalue weighted by atomic mass is 32.1. The molecule has 0 radical (unpaired) electrons. The standard InChI is InChI=1S/C18H20N4O2S/c1-13(10-21-8-7-19-12-21)11-22-17(23)16(20-18(22)25)9-14-3-5-15(24-2)6-4-14/h3-9,12-13H,10-11H2,1-2H3,(H,20,25)/b16-9+/t13-/m0/s1. The normalized spacial score (nSPS) is 17.0. The minimum absolute atomic E-state index is 0.0988. The Morgan fingerprint density at radius 2 is 2.08 bits per heavy atom. The fourth-order valence-corrected chi connectivity index (χ4v) is 3.00. The lowest BCUT2D eigenvalue weighted by Gasteiger charge is -2.19. The van der Waals surface area contributed by atoms with Crippen LogP contribution >= 0.6 is 12.2 Å². The number of nitrogens with one attached hydrogen (secondary N) is 1. The van der Waals surface area contributed by atoms with Gasteiger partial charge in [0.1, 0.15) is 11.4 Å². The Balaban J connectivity index is 1.67. The third-order valence-electron chi connectivity index (χ3n) is 3.97. The Labute approximate surface area is 152 Å². The number of hydrogen-bond acceptors (Lipinski definition) is 4. The lowest BCUT2D eigenvalue weighted by atomic mass is 10.1. The molecule has 0 aliphatic carbocycles. The van der Waals surface area contributed by atoms with Gasteiger partial charge in [-0.3, -0.25) is 9.69 Å². The van der Waals surface area contributed by atoms with Gasteiger partial charge in [0.05, 0.1) is 13.4 Å². The van der Waals surface area contributed by atoms with E-state index < -0.39 is 0 Å². The lowest BCUT2D eigenvalue weighted by molar-refractivity contribution is -0.122. The summed E-state index contributed by atoms with van der Waals surface area (Å²) in [5.41, 5.74) is 1.40. The number of rotatable bonds is 6. The van der Waals surface area contributed by atoms with E-state index in [0.29, 0.717) is 17.4 Å². The number of amides is 1. The summed E-state index contributed by atoms with van der Waals surface area (Å²) in [5, 5.41) is 3.46. The van der Waals surface area contributed by atoms with E-state index in [-0.39, 0.29) is 11.8 Å². The van der Waals surface area contributed by atoms with Crippen molar-refractivity contribution in [1.29, 1.82) is 0 Å². The van der Waals surface area contributed by atoms with E-state index in [4.69, 9.17) is 17.0 Å². The van der Waals surface area contributed by atoms with E-state index in [1.807, 2.05) is 35.0 Å². The molecule has 0 unspecified atom stereocenters. The molecule has 1 saturated heterocycles. The van der Waals surface area contributed by atoms with Crippen LogP contribution in [0.2, 0.25) is 0 Å². The van der Waals surface area contributed by atoms with E-state index in [0.717, 1.165) is 17.9 Å². The van der Waals surface area contributed by atoms with Crippen molar-refractivity contribution in [3.8, 4) is 5.75 Å². The number of aromatic nitrogens is 2. The van der Waals surface area contributed by atoms with Gasteiger partial charge in [0.25, 0.3) is 5.91 Å². The van der Waals surface area contributed by atoms with Crippen LogP contribution in [0.4, 0.5) is 0 Å². The number of imidazole rings is 1. The summed E-state index contributed by atoms with van der Waals surface area (Å²) in [6, 6.07) is 7.51. The smallest absolute Gasteiger partial charge is 0.276 e. The van der Waals surface area contributed by atoms with Gasteiger partial charge in [-0.2, -0.15) is 0 Å². The van der Waals surface area contributed by atoms with E-state index in [1.54, 1.807) is 30.6 Å². The molecule has 1 aliphatic heterocycles. The van der Waals surface area contributed by atoms with Crippen LogP contribution in [0, 0.1) is 5.92 Å². The summed E-state index contributed by atoms with van der Waals surface area (Å²) < 4.78 is 7.14. The highest BCUT2D eigenvalue weighted by Crippen LogP contribution is 2.18. The molecule has 2 heterocycles. The van der Waals surface area contributed by atoms with Crippen molar-refractivity contribution >= 4 is 29.3 Å². The van der Waals surface area contributed by atoms with Crippen LogP contribution in [0.3, 0.4) is 0 Å². The van der Waals surface area contributed by atoms with Gasteiger partial charge in [-0.25, -0.2) is 4.98 Å². The maximum atomic E-state index is 12.6. The molecule has 1 N–H and O–H groups in total. The molecular formula is C18H20N4O2S. The predicted octanol–water partition coefficient (Wildman–Crippen LogP) is 2.29. The number of nitrogens with zero attached hydrogens (tertiary/aromatic N) is 3. The molecule has 0 spiro atoms. The van der Waals surface area contributed by atoms with Crippen molar-refractivity contribution in [2.45, 2.75) is 13.5 Å². The van der Waals surface area contributed by atoms with E-state index in [9.17, 15) is 4.79 Å². The second kappa shape index (κ2) is 7.48. The summed E-state index contributed by atoms with van der Waals surface area (Å²) >= 11 is 5.33. The highest BCUT2D eigenvalue weighted by molar-refractivity contribution is 7.80. The lowest BCUT2D eigenvalue weighted by Crippen LogP contribution is -2.35. The van der Waals surface area contributed by atoms with Gasteiger partial charge < -0.3 is 14.6 Å². The van der Waals surface area contributed by atoms with Crippen molar-refractivity contribution in [3.05, 3.63) is 54.2 Å². The maximum absolute atomic E-state index is 12.6. The third kappa shape index (κ3) is 4.06. The van der Waals surface area contributed by atoms with E-state index in [2.05, 4.69) is 17.2 Å².